The summed E-state index contributed by atoms with van der Waals surface area (Å²) >= 11 is 0. The minimum atomic E-state index is -0.492. The second-order valence-corrected chi connectivity index (χ2v) is 14.1. The first kappa shape index (κ1) is 28.3. The molecule has 1 nitrogen and oxygen atoms in total. The van der Waals surface area contributed by atoms with Gasteiger partial charge >= 0.3 is 0 Å². The third kappa shape index (κ3) is 5.73. The highest BCUT2D eigenvalue weighted by molar-refractivity contribution is 5.89. The predicted octanol–water partition coefficient (Wildman–Crippen LogP) is 14.5. The molecule has 0 atom stereocenters. The second kappa shape index (κ2) is 14.2. The number of hydrogen-bond donors (Lipinski definition) is 0. The molecule has 9 aromatic carbocycles. The fraction of sp³-hybridized carbons (Fsp3) is 0.0182. The first-order valence-electron chi connectivity index (χ1n) is 21.4. The lowest BCUT2D eigenvalue weighted by atomic mass is 9.67. The van der Waals surface area contributed by atoms with Crippen LogP contribution in [-0.2, 0) is 5.41 Å². The lowest BCUT2D eigenvalue weighted by molar-refractivity contribution is 0.769. The van der Waals surface area contributed by atoms with Gasteiger partial charge in [0, 0.05) is 17.1 Å². The fourth-order valence-corrected chi connectivity index (χ4v) is 8.48. The third-order valence-electron chi connectivity index (χ3n) is 11.1. The molecular formula is C55H39N. The Morgan fingerprint density at radius 3 is 1.29 bits per heavy atom. The average molecular weight is 719 g/mol. The maximum atomic E-state index is 8.56. The van der Waals surface area contributed by atoms with Crippen molar-refractivity contribution in [1.82, 2.24) is 0 Å². The van der Waals surface area contributed by atoms with E-state index in [4.69, 9.17) is 6.85 Å². The average Bonchev–Trinajstić information content (AvgIpc) is 3.62. The molecule has 10 rings (SSSR count). The lowest BCUT2D eigenvalue weighted by Gasteiger charge is -2.34. The van der Waals surface area contributed by atoms with E-state index in [0.29, 0.717) is 5.56 Å². The van der Waals surface area contributed by atoms with Crippen molar-refractivity contribution in [2.75, 3.05) is 4.90 Å². The van der Waals surface area contributed by atoms with Crippen molar-refractivity contribution >= 4 is 17.1 Å². The van der Waals surface area contributed by atoms with Crippen LogP contribution >= 0.6 is 0 Å². The van der Waals surface area contributed by atoms with Gasteiger partial charge < -0.3 is 4.90 Å². The van der Waals surface area contributed by atoms with Gasteiger partial charge in [-0.15, -0.1) is 0 Å². The molecular weight excluding hydrogens is 675 g/mol. The molecule has 0 amide bonds. The van der Waals surface area contributed by atoms with E-state index in [1.165, 1.54) is 33.4 Å². The maximum absolute atomic E-state index is 8.56. The molecule has 0 fully saturated rings. The first-order chi connectivity index (χ1) is 29.8. The van der Waals surface area contributed by atoms with Crippen molar-refractivity contribution in [2.24, 2.45) is 0 Å². The van der Waals surface area contributed by atoms with E-state index in [2.05, 4.69) is 169 Å². The molecule has 0 saturated heterocycles. The number of fused-ring (bicyclic) bond motifs is 3. The van der Waals surface area contributed by atoms with Gasteiger partial charge in [0.2, 0.25) is 0 Å². The van der Waals surface area contributed by atoms with Gasteiger partial charge in [-0.05, 0) is 109 Å². The molecule has 1 aliphatic rings. The van der Waals surface area contributed by atoms with E-state index in [1.54, 1.807) is 0 Å². The molecule has 0 aromatic heterocycles. The SMILES string of the molecule is [2H]c1c([2H])c([2H])c(-c2ccc(N(c3ccc(-c4ccccc4)cc3)c3ccc(-c4ccc5c(c4)C(c4ccccc4)(c4ccccc4)c4ccccc4-5)cc3)cc2)c([2H])c1[2H]. The fourth-order valence-electron chi connectivity index (χ4n) is 8.48. The van der Waals surface area contributed by atoms with Gasteiger partial charge in [0.1, 0.15) is 0 Å². The summed E-state index contributed by atoms with van der Waals surface area (Å²) in [6.07, 6.45) is 0. The molecule has 0 heterocycles. The number of hydrogen-bond acceptors (Lipinski definition) is 1. The van der Waals surface area contributed by atoms with Crippen LogP contribution < -0.4 is 4.90 Å². The van der Waals surface area contributed by atoms with Crippen molar-refractivity contribution in [3.05, 3.63) is 259 Å². The van der Waals surface area contributed by atoms with E-state index in [-0.39, 0.29) is 29.7 Å². The van der Waals surface area contributed by atoms with Gasteiger partial charge in [-0.25, -0.2) is 0 Å². The number of anilines is 3. The van der Waals surface area contributed by atoms with Crippen LogP contribution in [0.5, 0.6) is 0 Å². The topological polar surface area (TPSA) is 3.24 Å². The van der Waals surface area contributed by atoms with E-state index < -0.39 is 11.5 Å². The highest BCUT2D eigenvalue weighted by Gasteiger charge is 2.46. The Hall–Kier alpha value is -7.22. The summed E-state index contributed by atoms with van der Waals surface area (Å²) in [6.45, 7) is 0. The maximum Gasteiger partial charge on any atom is 0.0713 e. The van der Waals surface area contributed by atoms with Gasteiger partial charge in [0.05, 0.1) is 12.3 Å². The highest BCUT2D eigenvalue weighted by atomic mass is 15.1. The van der Waals surface area contributed by atoms with E-state index in [1.807, 2.05) is 42.5 Å². The zero-order valence-electron chi connectivity index (χ0n) is 35.6. The first-order valence-corrected chi connectivity index (χ1v) is 18.9. The zero-order chi connectivity index (χ0) is 41.7. The summed E-state index contributed by atoms with van der Waals surface area (Å²) in [5.41, 5.74) is 14.9. The molecule has 0 saturated carbocycles. The lowest BCUT2D eigenvalue weighted by Crippen LogP contribution is -2.28. The Bertz CT molecular complexity index is 2970. The molecule has 1 aliphatic carbocycles. The standard InChI is InChI=1S/C55H39N/c1-5-15-40(16-6-1)42-25-32-48(33-26-42)56(49-34-27-43(28-35-49)41-17-7-2-8-18-41)50-36-29-44(30-37-50)45-31-38-52-51-23-13-14-24-53(51)55(54(52)39-45,46-19-9-3-10-20-46)47-21-11-4-12-22-47/h1-39H/i1D,5D,6D,15D,16D. The molecule has 9 aromatic rings. The number of nitrogens with zero attached hydrogens (tertiary/aromatic N) is 1. The Labute approximate surface area is 336 Å². The Balaban J connectivity index is 1.07. The molecule has 0 N–H and O–H groups in total. The van der Waals surface area contributed by atoms with E-state index >= 15 is 0 Å². The minimum Gasteiger partial charge on any atom is -0.311 e. The third-order valence-corrected chi connectivity index (χ3v) is 11.1. The number of rotatable bonds is 8. The van der Waals surface area contributed by atoms with Crippen molar-refractivity contribution in [3.63, 3.8) is 0 Å². The van der Waals surface area contributed by atoms with Crippen LogP contribution in [0, 0.1) is 0 Å². The van der Waals surface area contributed by atoms with E-state index in [0.717, 1.165) is 39.3 Å². The normalized spacial score (nSPS) is 13.7. The van der Waals surface area contributed by atoms with Crippen LogP contribution in [0.2, 0.25) is 0 Å². The molecule has 0 radical (unpaired) electrons. The monoisotopic (exact) mass is 718 g/mol. The van der Waals surface area contributed by atoms with Crippen molar-refractivity contribution < 1.29 is 6.85 Å². The van der Waals surface area contributed by atoms with Gasteiger partial charge in [-0.2, -0.15) is 0 Å². The smallest absolute Gasteiger partial charge is 0.0713 e. The van der Waals surface area contributed by atoms with Crippen LogP contribution in [0.4, 0.5) is 17.1 Å². The summed E-state index contributed by atoms with van der Waals surface area (Å²) in [5, 5.41) is 0. The summed E-state index contributed by atoms with van der Waals surface area (Å²) in [6, 6.07) is 70.8. The van der Waals surface area contributed by atoms with Crippen LogP contribution in [0.1, 0.15) is 29.1 Å². The highest BCUT2D eigenvalue weighted by Crippen LogP contribution is 2.56. The Kier molecular flexibility index (Phi) is 7.17. The van der Waals surface area contributed by atoms with Crippen LogP contribution in [-0.4, -0.2) is 0 Å². The molecule has 264 valence electrons. The molecule has 0 aliphatic heterocycles. The Morgan fingerprint density at radius 2 is 0.732 bits per heavy atom. The molecule has 0 unspecified atom stereocenters. The summed E-state index contributed by atoms with van der Waals surface area (Å²) < 4.78 is 41.6. The quantitative estimate of drug-likeness (QED) is 0.151. The largest absolute Gasteiger partial charge is 0.311 e. The second-order valence-electron chi connectivity index (χ2n) is 14.1. The summed E-state index contributed by atoms with van der Waals surface area (Å²) in [7, 11) is 0. The number of benzene rings is 9. The summed E-state index contributed by atoms with van der Waals surface area (Å²) in [4.78, 5) is 2.18. The van der Waals surface area contributed by atoms with Crippen molar-refractivity contribution in [3.8, 4) is 44.5 Å². The minimum absolute atomic E-state index is 0.182. The van der Waals surface area contributed by atoms with Gasteiger partial charge in [0.15, 0.2) is 0 Å². The molecule has 1 heteroatoms. The molecule has 0 bridgehead atoms. The van der Waals surface area contributed by atoms with Gasteiger partial charge in [-0.1, -0.05) is 194 Å². The van der Waals surface area contributed by atoms with Gasteiger partial charge in [-0.3, -0.25) is 0 Å². The predicted molar refractivity (Wildman–Crippen MR) is 235 cm³/mol. The van der Waals surface area contributed by atoms with Crippen LogP contribution in [0.3, 0.4) is 0 Å². The van der Waals surface area contributed by atoms with E-state index in [9.17, 15) is 0 Å². The molecule has 0 spiro atoms. The van der Waals surface area contributed by atoms with Gasteiger partial charge in [0.25, 0.3) is 0 Å². The molecule has 56 heavy (non-hydrogen) atoms. The van der Waals surface area contributed by atoms with Crippen molar-refractivity contribution in [2.45, 2.75) is 5.41 Å². The van der Waals surface area contributed by atoms with Crippen LogP contribution in [0.25, 0.3) is 44.5 Å². The Morgan fingerprint density at radius 1 is 0.321 bits per heavy atom. The zero-order valence-corrected chi connectivity index (χ0v) is 30.6. The van der Waals surface area contributed by atoms with Crippen LogP contribution in [0.15, 0.2) is 236 Å². The summed E-state index contributed by atoms with van der Waals surface area (Å²) in [5.74, 6) is 0. The van der Waals surface area contributed by atoms with Crippen molar-refractivity contribution in [1.29, 1.82) is 0 Å².